The fourth-order valence-electron chi connectivity index (χ4n) is 2.07. The molecule has 3 heteroatoms. The van der Waals surface area contributed by atoms with Gasteiger partial charge in [0.1, 0.15) is 5.82 Å². The fourth-order valence-corrected chi connectivity index (χ4v) is 2.82. The predicted molar refractivity (Wildman–Crippen MR) is 75.6 cm³/mol. The second kappa shape index (κ2) is 6.12. The molecule has 0 fully saturated rings. The molecule has 0 amide bonds. The van der Waals surface area contributed by atoms with E-state index in [4.69, 9.17) is 0 Å². The Morgan fingerprint density at radius 1 is 1.33 bits per heavy atom. The van der Waals surface area contributed by atoms with Gasteiger partial charge in [-0.3, -0.25) is 0 Å². The van der Waals surface area contributed by atoms with E-state index in [0.717, 1.165) is 18.5 Å². The standard InChI is InChI=1S/C15H18FNS/c1-3-17-15(10-13-5-4-8-18-13)12-6-7-14(16)11(2)9-12/h4-9,15,17H,3,10H2,1-2H3. The van der Waals surface area contributed by atoms with Gasteiger partial charge in [0.25, 0.3) is 0 Å². The number of likely N-dealkylation sites (N-methyl/N-ethyl adjacent to an activating group) is 1. The van der Waals surface area contributed by atoms with Crippen LogP contribution in [-0.2, 0) is 6.42 Å². The lowest BCUT2D eigenvalue weighted by Gasteiger charge is -2.18. The van der Waals surface area contributed by atoms with Crippen molar-refractivity contribution in [3.8, 4) is 0 Å². The van der Waals surface area contributed by atoms with Gasteiger partial charge < -0.3 is 5.32 Å². The van der Waals surface area contributed by atoms with Gasteiger partial charge in [-0.05, 0) is 42.1 Å². The third-order valence-electron chi connectivity index (χ3n) is 3.02. The third kappa shape index (κ3) is 3.18. The summed E-state index contributed by atoms with van der Waals surface area (Å²) in [5.41, 5.74) is 1.87. The van der Waals surface area contributed by atoms with Crippen LogP contribution >= 0.6 is 11.3 Å². The molecular formula is C15H18FNS. The van der Waals surface area contributed by atoms with Gasteiger partial charge in [0.2, 0.25) is 0 Å². The average molecular weight is 263 g/mol. The Kier molecular flexibility index (Phi) is 4.50. The minimum absolute atomic E-state index is 0.134. The van der Waals surface area contributed by atoms with Crippen LogP contribution in [-0.4, -0.2) is 6.54 Å². The Hall–Kier alpha value is -1.19. The Balaban J connectivity index is 2.20. The topological polar surface area (TPSA) is 12.0 Å². The number of benzene rings is 1. The van der Waals surface area contributed by atoms with Crippen LogP contribution in [0.2, 0.25) is 0 Å². The molecule has 1 unspecified atom stereocenters. The molecule has 96 valence electrons. The number of nitrogens with one attached hydrogen (secondary N) is 1. The van der Waals surface area contributed by atoms with E-state index in [-0.39, 0.29) is 11.9 Å². The highest BCUT2D eigenvalue weighted by molar-refractivity contribution is 7.09. The Morgan fingerprint density at radius 3 is 2.78 bits per heavy atom. The lowest BCUT2D eigenvalue weighted by molar-refractivity contribution is 0.549. The van der Waals surface area contributed by atoms with Crippen LogP contribution in [0, 0.1) is 12.7 Å². The van der Waals surface area contributed by atoms with Crippen molar-refractivity contribution in [2.24, 2.45) is 0 Å². The maximum atomic E-state index is 13.3. The van der Waals surface area contributed by atoms with Crippen molar-refractivity contribution >= 4 is 11.3 Å². The first-order valence-electron chi connectivity index (χ1n) is 6.22. The lowest BCUT2D eigenvalue weighted by Crippen LogP contribution is -2.22. The highest BCUT2D eigenvalue weighted by atomic mass is 32.1. The summed E-state index contributed by atoms with van der Waals surface area (Å²) in [6.07, 6.45) is 0.955. The molecule has 1 nitrogen and oxygen atoms in total. The van der Waals surface area contributed by atoms with Crippen LogP contribution in [0.1, 0.15) is 29.0 Å². The van der Waals surface area contributed by atoms with E-state index in [9.17, 15) is 4.39 Å². The molecule has 0 spiro atoms. The van der Waals surface area contributed by atoms with Gasteiger partial charge in [-0.1, -0.05) is 25.1 Å². The summed E-state index contributed by atoms with van der Waals surface area (Å²) in [4.78, 5) is 1.35. The summed E-state index contributed by atoms with van der Waals surface area (Å²) in [7, 11) is 0. The average Bonchev–Trinajstić information content (AvgIpc) is 2.85. The van der Waals surface area contributed by atoms with E-state index in [2.05, 4.69) is 29.8 Å². The minimum atomic E-state index is -0.134. The molecule has 0 saturated heterocycles. The number of rotatable bonds is 5. The highest BCUT2D eigenvalue weighted by Crippen LogP contribution is 2.23. The van der Waals surface area contributed by atoms with Crippen LogP contribution in [0.25, 0.3) is 0 Å². The first kappa shape index (κ1) is 13.2. The summed E-state index contributed by atoms with van der Waals surface area (Å²) in [5, 5.41) is 5.56. The largest absolute Gasteiger partial charge is 0.310 e. The molecule has 2 aromatic rings. The van der Waals surface area contributed by atoms with Crippen molar-refractivity contribution in [1.82, 2.24) is 5.32 Å². The van der Waals surface area contributed by atoms with Crippen molar-refractivity contribution in [1.29, 1.82) is 0 Å². The summed E-state index contributed by atoms with van der Waals surface area (Å²) in [6, 6.07) is 9.85. The zero-order chi connectivity index (χ0) is 13.0. The van der Waals surface area contributed by atoms with Gasteiger partial charge in [-0.2, -0.15) is 0 Å². The van der Waals surface area contributed by atoms with Gasteiger partial charge in [-0.15, -0.1) is 11.3 Å². The second-order valence-corrected chi connectivity index (χ2v) is 5.43. The molecule has 0 saturated carbocycles. The Labute approximate surface area is 112 Å². The number of aryl methyl sites for hydroxylation is 1. The first-order chi connectivity index (χ1) is 8.70. The van der Waals surface area contributed by atoms with Crippen LogP contribution < -0.4 is 5.32 Å². The number of halogens is 1. The maximum Gasteiger partial charge on any atom is 0.126 e. The molecule has 1 atom stereocenters. The SMILES string of the molecule is CCNC(Cc1cccs1)c1ccc(F)c(C)c1. The molecule has 1 aromatic carbocycles. The molecule has 0 radical (unpaired) electrons. The van der Waals surface area contributed by atoms with Crippen molar-refractivity contribution in [3.63, 3.8) is 0 Å². The van der Waals surface area contributed by atoms with E-state index < -0.39 is 0 Å². The smallest absolute Gasteiger partial charge is 0.126 e. The quantitative estimate of drug-likeness (QED) is 0.856. The monoisotopic (exact) mass is 263 g/mol. The molecule has 18 heavy (non-hydrogen) atoms. The van der Waals surface area contributed by atoms with E-state index in [1.54, 1.807) is 17.4 Å². The third-order valence-corrected chi connectivity index (χ3v) is 3.92. The Bertz CT molecular complexity index is 493. The molecule has 1 heterocycles. The van der Waals surface area contributed by atoms with E-state index in [0.29, 0.717) is 5.56 Å². The molecule has 1 aromatic heterocycles. The predicted octanol–water partition coefficient (Wildman–Crippen LogP) is 4.09. The number of thiophene rings is 1. The number of hydrogen-bond acceptors (Lipinski definition) is 2. The Morgan fingerprint density at radius 2 is 2.17 bits per heavy atom. The molecular weight excluding hydrogens is 245 g/mol. The number of hydrogen-bond donors (Lipinski definition) is 1. The zero-order valence-corrected chi connectivity index (χ0v) is 11.6. The van der Waals surface area contributed by atoms with E-state index in [1.807, 2.05) is 19.1 Å². The summed E-state index contributed by atoms with van der Waals surface area (Å²) < 4.78 is 13.3. The fraction of sp³-hybridized carbons (Fsp3) is 0.333. The summed E-state index contributed by atoms with van der Waals surface area (Å²) >= 11 is 1.77. The van der Waals surface area contributed by atoms with Crippen LogP contribution in [0.5, 0.6) is 0 Å². The highest BCUT2D eigenvalue weighted by Gasteiger charge is 2.12. The van der Waals surface area contributed by atoms with Crippen LogP contribution in [0.15, 0.2) is 35.7 Å². The van der Waals surface area contributed by atoms with Gasteiger partial charge in [0.15, 0.2) is 0 Å². The molecule has 0 bridgehead atoms. The second-order valence-electron chi connectivity index (χ2n) is 4.40. The van der Waals surface area contributed by atoms with E-state index in [1.165, 1.54) is 4.88 Å². The van der Waals surface area contributed by atoms with Gasteiger partial charge >= 0.3 is 0 Å². The van der Waals surface area contributed by atoms with Crippen molar-refractivity contribution < 1.29 is 4.39 Å². The van der Waals surface area contributed by atoms with Gasteiger partial charge in [0, 0.05) is 17.3 Å². The molecule has 2 rings (SSSR count). The maximum absolute atomic E-state index is 13.3. The molecule has 0 aliphatic heterocycles. The molecule has 1 N–H and O–H groups in total. The first-order valence-corrected chi connectivity index (χ1v) is 7.10. The van der Waals surface area contributed by atoms with Gasteiger partial charge in [-0.25, -0.2) is 4.39 Å². The lowest BCUT2D eigenvalue weighted by atomic mass is 10.0. The summed E-state index contributed by atoms with van der Waals surface area (Å²) in [6.45, 7) is 4.82. The molecule has 0 aliphatic rings. The van der Waals surface area contributed by atoms with Crippen molar-refractivity contribution in [3.05, 3.63) is 57.5 Å². The summed E-state index contributed by atoms with van der Waals surface area (Å²) in [5.74, 6) is -0.134. The minimum Gasteiger partial charge on any atom is -0.310 e. The zero-order valence-electron chi connectivity index (χ0n) is 10.7. The van der Waals surface area contributed by atoms with E-state index >= 15 is 0 Å². The normalized spacial score (nSPS) is 12.6. The van der Waals surface area contributed by atoms with Crippen molar-refractivity contribution in [2.75, 3.05) is 6.54 Å². The van der Waals surface area contributed by atoms with Crippen LogP contribution in [0.3, 0.4) is 0 Å². The van der Waals surface area contributed by atoms with Crippen molar-refractivity contribution in [2.45, 2.75) is 26.3 Å². The van der Waals surface area contributed by atoms with Crippen LogP contribution in [0.4, 0.5) is 4.39 Å². The molecule has 0 aliphatic carbocycles. The van der Waals surface area contributed by atoms with Gasteiger partial charge in [0.05, 0.1) is 0 Å².